The molecule has 0 saturated carbocycles. The molecule has 3 rings (SSSR count). The lowest BCUT2D eigenvalue weighted by atomic mass is 10.0. The van der Waals surface area contributed by atoms with Gasteiger partial charge in [0.05, 0.1) is 11.2 Å². The van der Waals surface area contributed by atoms with Crippen LogP contribution < -0.4 is 5.32 Å². The highest BCUT2D eigenvalue weighted by Crippen LogP contribution is 2.36. The molecule has 0 bridgehead atoms. The molecule has 1 N–H and O–H groups in total. The first-order valence-corrected chi connectivity index (χ1v) is 7.77. The third-order valence-corrected chi connectivity index (χ3v) is 4.80. The number of alkyl halides is 1. The van der Waals surface area contributed by atoms with Crippen molar-refractivity contribution in [1.29, 1.82) is 0 Å². The van der Waals surface area contributed by atoms with E-state index in [1.165, 1.54) is 6.07 Å². The first kappa shape index (κ1) is 13.8. The van der Waals surface area contributed by atoms with Crippen LogP contribution in [0.1, 0.15) is 21.5 Å². The molecule has 1 aliphatic rings. The monoisotopic (exact) mass is 397 g/mol. The number of hydrogen-bond acceptors (Lipinski definition) is 1. The molecule has 2 aromatic carbocycles. The predicted octanol–water partition coefficient (Wildman–Crippen LogP) is 4.57. The smallest absolute Gasteiger partial charge is 0.228 e. The summed E-state index contributed by atoms with van der Waals surface area (Å²) in [7, 11) is 0. The molecule has 0 saturated heterocycles. The van der Waals surface area contributed by atoms with Gasteiger partial charge in [-0.1, -0.05) is 50.1 Å². The molecular formula is C15H10Br2FNO. The summed E-state index contributed by atoms with van der Waals surface area (Å²) in [5, 5.41) is 2.79. The van der Waals surface area contributed by atoms with E-state index in [0.717, 1.165) is 16.8 Å². The number of rotatable bonds is 2. The summed E-state index contributed by atoms with van der Waals surface area (Å²) in [5.41, 5.74) is 3.30. The van der Waals surface area contributed by atoms with Gasteiger partial charge in [-0.25, -0.2) is 4.39 Å². The highest BCUT2D eigenvalue weighted by Gasteiger charge is 2.21. The number of hydrogen-bond donors (Lipinski definition) is 1. The molecule has 5 heteroatoms. The van der Waals surface area contributed by atoms with Gasteiger partial charge in [-0.05, 0) is 29.3 Å². The largest absolute Gasteiger partial charge is 0.326 e. The van der Waals surface area contributed by atoms with Gasteiger partial charge in [-0.15, -0.1) is 0 Å². The van der Waals surface area contributed by atoms with Gasteiger partial charge in [0.15, 0.2) is 0 Å². The average molecular weight is 399 g/mol. The Labute approximate surface area is 132 Å². The molecule has 0 fully saturated rings. The van der Waals surface area contributed by atoms with Crippen molar-refractivity contribution in [2.45, 2.75) is 11.2 Å². The van der Waals surface area contributed by atoms with E-state index >= 15 is 0 Å². The summed E-state index contributed by atoms with van der Waals surface area (Å²) in [4.78, 5) is 11.1. The summed E-state index contributed by atoms with van der Waals surface area (Å²) in [6, 6.07) is 10.7. The number of carbonyl (C=O) groups excluding carboxylic acids is 1. The summed E-state index contributed by atoms with van der Waals surface area (Å²) in [5.74, 6) is -0.269. The van der Waals surface area contributed by atoms with E-state index in [4.69, 9.17) is 0 Å². The lowest BCUT2D eigenvalue weighted by molar-refractivity contribution is -0.115. The van der Waals surface area contributed by atoms with Crippen molar-refractivity contribution in [3.05, 3.63) is 63.4 Å². The number of nitrogens with one attached hydrogen (secondary N) is 1. The SMILES string of the molecule is O=C1Cc2cc(C(Br)c3ccc(Br)cc3F)ccc2N1. The highest BCUT2D eigenvalue weighted by molar-refractivity contribution is 9.10. The van der Waals surface area contributed by atoms with E-state index in [1.807, 2.05) is 24.3 Å². The number of carbonyl (C=O) groups is 1. The van der Waals surface area contributed by atoms with E-state index in [9.17, 15) is 9.18 Å². The Balaban J connectivity index is 1.97. The van der Waals surface area contributed by atoms with Crippen molar-refractivity contribution in [2.24, 2.45) is 0 Å². The van der Waals surface area contributed by atoms with Crippen molar-refractivity contribution in [2.75, 3.05) is 5.32 Å². The fourth-order valence-electron chi connectivity index (χ4n) is 2.29. The van der Waals surface area contributed by atoms with Crippen LogP contribution in [0.4, 0.5) is 10.1 Å². The first-order valence-electron chi connectivity index (χ1n) is 6.06. The average Bonchev–Trinajstić information content (AvgIpc) is 2.77. The predicted molar refractivity (Wildman–Crippen MR) is 83.6 cm³/mol. The van der Waals surface area contributed by atoms with Crippen LogP contribution >= 0.6 is 31.9 Å². The molecule has 2 nitrogen and oxygen atoms in total. The zero-order valence-electron chi connectivity index (χ0n) is 10.3. The second-order valence-electron chi connectivity index (χ2n) is 4.67. The van der Waals surface area contributed by atoms with E-state index in [0.29, 0.717) is 16.5 Å². The summed E-state index contributed by atoms with van der Waals surface area (Å²) >= 11 is 6.78. The molecule has 102 valence electrons. The van der Waals surface area contributed by atoms with Gasteiger partial charge in [-0.3, -0.25) is 4.79 Å². The van der Waals surface area contributed by atoms with Gasteiger partial charge < -0.3 is 5.32 Å². The Kier molecular flexibility index (Phi) is 3.65. The molecule has 20 heavy (non-hydrogen) atoms. The Morgan fingerprint density at radius 2 is 2.00 bits per heavy atom. The molecule has 0 aromatic heterocycles. The van der Waals surface area contributed by atoms with Gasteiger partial charge in [0.2, 0.25) is 5.91 Å². The van der Waals surface area contributed by atoms with E-state index in [-0.39, 0.29) is 16.6 Å². The van der Waals surface area contributed by atoms with Crippen LogP contribution in [-0.2, 0) is 11.2 Å². The van der Waals surface area contributed by atoms with Crippen molar-refractivity contribution in [3.8, 4) is 0 Å². The van der Waals surface area contributed by atoms with E-state index in [2.05, 4.69) is 37.2 Å². The minimum atomic E-state index is -0.268. The maximum atomic E-state index is 14.0. The Morgan fingerprint density at radius 1 is 1.20 bits per heavy atom. The lowest BCUT2D eigenvalue weighted by Gasteiger charge is -2.13. The van der Waals surface area contributed by atoms with Crippen molar-refractivity contribution < 1.29 is 9.18 Å². The van der Waals surface area contributed by atoms with Crippen molar-refractivity contribution >= 4 is 43.5 Å². The van der Waals surface area contributed by atoms with Gasteiger partial charge in [-0.2, -0.15) is 0 Å². The molecule has 0 radical (unpaired) electrons. The number of amides is 1. The Hall–Kier alpha value is -1.20. The van der Waals surface area contributed by atoms with E-state index < -0.39 is 0 Å². The number of fused-ring (bicyclic) bond motifs is 1. The maximum Gasteiger partial charge on any atom is 0.228 e. The first-order chi connectivity index (χ1) is 9.54. The minimum absolute atomic E-state index is 0.00176. The van der Waals surface area contributed by atoms with Crippen molar-refractivity contribution in [3.63, 3.8) is 0 Å². The van der Waals surface area contributed by atoms with Crippen LogP contribution in [-0.4, -0.2) is 5.91 Å². The third-order valence-electron chi connectivity index (χ3n) is 3.28. The van der Waals surface area contributed by atoms with Crippen LogP contribution in [0, 0.1) is 5.82 Å². The van der Waals surface area contributed by atoms with Crippen LogP contribution in [0.25, 0.3) is 0 Å². The topological polar surface area (TPSA) is 29.1 Å². The number of halogens is 3. The van der Waals surface area contributed by atoms with Crippen molar-refractivity contribution in [1.82, 2.24) is 0 Å². The van der Waals surface area contributed by atoms with Gasteiger partial charge in [0, 0.05) is 15.7 Å². The third kappa shape index (κ3) is 2.52. The molecule has 1 atom stereocenters. The van der Waals surface area contributed by atoms with Gasteiger partial charge in [0.25, 0.3) is 0 Å². The Morgan fingerprint density at radius 3 is 2.75 bits per heavy atom. The Bertz CT molecular complexity index is 702. The second-order valence-corrected chi connectivity index (χ2v) is 6.50. The lowest BCUT2D eigenvalue weighted by Crippen LogP contribution is -2.03. The molecule has 1 heterocycles. The number of anilines is 1. The van der Waals surface area contributed by atoms with Gasteiger partial charge >= 0.3 is 0 Å². The van der Waals surface area contributed by atoms with E-state index in [1.54, 1.807) is 6.07 Å². The minimum Gasteiger partial charge on any atom is -0.326 e. The summed E-state index contributed by atoms with van der Waals surface area (Å²) in [6.07, 6.45) is 0.381. The molecule has 0 aliphatic carbocycles. The highest BCUT2D eigenvalue weighted by atomic mass is 79.9. The quantitative estimate of drug-likeness (QED) is 0.737. The van der Waals surface area contributed by atoms with Gasteiger partial charge in [0.1, 0.15) is 5.82 Å². The normalized spacial score (nSPS) is 14.8. The fraction of sp³-hybridized carbons (Fsp3) is 0.133. The number of benzene rings is 2. The van der Waals surface area contributed by atoms with Crippen LogP contribution in [0.2, 0.25) is 0 Å². The summed E-state index contributed by atoms with van der Waals surface area (Å²) < 4.78 is 14.7. The zero-order chi connectivity index (χ0) is 14.3. The van der Waals surface area contributed by atoms with Crippen LogP contribution in [0.3, 0.4) is 0 Å². The molecule has 1 amide bonds. The summed E-state index contributed by atoms with van der Waals surface area (Å²) in [6.45, 7) is 0. The standard InChI is InChI=1S/C15H10Br2FNO/c16-10-2-3-11(12(18)7-10)15(17)8-1-4-13-9(5-8)6-14(20)19-13/h1-5,7,15H,6H2,(H,19,20). The molecular weight excluding hydrogens is 389 g/mol. The van der Waals surface area contributed by atoms with Crippen LogP contribution in [0.15, 0.2) is 40.9 Å². The maximum absolute atomic E-state index is 14.0. The second kappa shape index (κ2) is 5.30. The molecule has 1 aliphatic heterocycles. The molecule has 1 unspecified atom stereocenters. The zero-order valence-corrected chi connectivity index (χ0v) is 13.5. The fourth-order valence-corrected chi connectivity index (χ4v) is 3.28. The van der Waals surface area contributed by atoms with Crippen LogP contribution in [0.5, 0.6) is 0 Å². The molecule has 2 aromatic rings. The molecule has 0 spiro atoms.